The van der Waals surface area contributed by atoms with E-state index in [1.807, 2.05) is 0 Å². The van der Waals surface area contributed by atoms with Gasteiger partial charge in [-0.3, -0.25) is 9.59 Å². The Labute approximate surface area is 112 Å². The monoisotopic (exact) mass is 291 g/mol. The maximum Gasteiger partial charge on any atom is 0.387 e. The predicted molar refractivity (Wildman–Crippen MR) is 63.1 cm³/mol. The lowest BCUT2D eigenvalue weighted by Gasteiger charge is -2.08. The summed E-state index contributed by atoms with van der Waals surface area (Å²) in [6, 6.07) is 3.01. The molecule has 0 aliphatic carbocycles. The number of anilines is 1. The van der Waals surface area contributed by atoms with Crippen molar-refractivity contribution in [3.8, 4) is 5.75 Å². The zero-order valence-electron chi connectivity index (χ0n) is 10.2. The fraction of sp³-hybridized carbons (Fsp3) is 0.333. The SMILES string of the molecule is O=C(O)CCCC(=O)Nc1ccc(OC(F)F)c(F)c1. The summed E-state index contributed by atoms with van der Waals surface area (Å²) < 4.78 is 41.1. The van der Waals surface area contributed by atoms with Crippen molar-refractivity contribution in [2.45, 2.75) is 25.9 Å². The van der Waals surface area contributed by atoms with Gasteiger partial charge < -0.3 is 15.2 Å². The second-order valence-electron chi connectivity index (χ2n) is 3.82. The zero-order chi connectivity index (χ0) is 15.1. The minimum Gasteiger partial charge on any atom is -0.481 e. The highest BCUT2D eigenvalue weighted by Crippen LogP contribution is 2.22. The van der Waals surface area contributed by atoms with Crippen molar-refractivity contribution in [2.24, 2.45) is 0 Å². The number of carbonyl (C=O) groups excluding carboxylic acids is 1. The first kappa shape index (κ1) is 15.8. The van der Waals surface area contributed by atoms with Gasteiger partial charge in [0.25, 0.3) is 0 Å². The third kappa shape index (κ3) is 5.59. The molecule has 1 aromatic carbocycles. The van der Waals surface area contributed by atoms with Crippen LogP contribution >= 0.6 is 0 Å². The van der Waals surface area contributed by atoms with E-state index in [0.29, 0.717) is 0 Å². The molecule has 2 N–H and O–H groups in total. The van der Waals surface area contributed by atoms with Gasteiger partial charge >= 0.3 is 12.6 Å². The predicted octanol–water partition coefficient (Wildman–Crippen LogP) is 2.62. The summed E-state index contributed by atoms with van der Waals surface area (Å²) in [4.78, 5) is 21.6. The van der Waals surface area contributed by atoms with Gasteiger partial charge in [-0.25, -0.2) is 4.39 Å². The van der Waals surface area contributed by atoms with Crippen molar-refractivity contribution in [1.29, 1.82) is 0 Å². The molecule has 0 atom stereocenters. The third-order valence-corrected chi connectivity index (χ3v) is 2.23. The largest absolute Gasteiger partial charge is 0.481 e. The van der Waals surface area contributed by atoms with Gasteiger partial charge in [-0.05, 0) is 18.6 Å². The van der Waals surface area contributed by atoms with Gasteiger partial charge in [-0.15, -0.1) is 0 Å². The molecule has 8 heteroatoms. The number of benzene rings is 1. The van der Waals surface area contributed by atoms with E-state index >= 15 is 0 Å². The highest BCUT2D eigenvalue weighted by molar-refractivity contribution is 5.90. The molecule has 0 saturated heterocycles. The Kier molecular flexibility index (Phi) is 5.82. The minimum atomic E-state index is -3.14. The first-order valence-electron chi connectivity index (χ1n) is 5.64. The first-order chi connectivity index (χ1) is 9.38. The summed E-state index contributed by atoms with van der Waals surface area (Å²) in [7, 11) is 0. The van der Waals surface area contributed by atoms with Crippen LogP contribution in [0.5, 0.6) is 5.75 Å². The van der Waals surface area contributed by atoms with Crippen LogP contribution in [0.3, 0.4) is 0 Å². The number of carbonyl (C=O) groups is 2. The number of alkyl halides is 2. The van der Waals surface area contributed by atoms with E-state index in [-0.39, 0.29) is 24.9 Å². The first-order valence-corrected chi connectivity index (χ1v) is 5.64. The summed E-state index contributed by atoms with van der Waals surface area (Å²) in [5, 5.41) is 10.7. The van der Waals surface area contributed by atoms with Crippen molar-refractivity contribution >= 4 is 17.6 Å². The van der Waals surface area contributed by atoms with E-state index in [1.54, 1.807) is 0 Å². The molecule has 20 heavy (non-hydrogen) atoms. The zero-order valence-corrected chi connectivity index (χ0v) is 10.2. The van der Waals surface area contributed by atoms with Gasteiger partial charge in [0.1, 0.15) is 0 Å². The number of rotatable bonds is 7. The second kappa shape index (κ2) is 7.37. The summed E-state index contributed by atoms with van der Waals surface area (Å²) in [6.07, 6.45) is -0.0393. The van der Waals surface area contributed by atoms with Crippen molar-refractivity contribution in [2.75, 3.05) is 5.32 Å². The van der Waals surface area contributed by atoms with E-state index < -0.39 is 30.1 Å². The van der Waals surface area contributed by atoms with Crippen LogP contribution in [0.1, 0.15) is 19.3 Å². The Morgan fingerprint density at radius 3 is 2.55 bits per heavy atom. The van der Waals surface area contributed by atoms with E-state index in [2.05, 4.69) is 10.1 Å². The molecule has 0 bridgehead atoms. The molecule has 0 aliphatic heterocycles. The van der Waals surface area contributed by atoms with E-state index in [1.165, 1.54) is 6.07 Å². The fourth-order valence-electron chi connectivity index (χ4n) is 1.39. The van der Waals surface area contributed by atoms with E-state index in [0.717, 1.165) is 12.1 Å². The summed E-state index contributed by atoms with van der Waals surface area (Å²) in [5.74, 6) is -3.16. The average Bonchev–Trinajstić information content (AvgIpc) is 2.31. The van der Waals surface area contributed by atoms with Crippen molar-refractivity contribution < 1.29 is 32.6 Å². The van der Waals surface area contributed by atoms with Crippen LogP contribution in [0.25, 0.3) is 0 Å². The smallest absolute Gasteiger partial charge is 0.387 e. The Morgan fingerprint density at radius 1 is 1.30 bits per heavy atom. The number of nitrogens with one attached hydrogen (secondary N) is 1. The maximum absolute atomic E-state index is 13.3. The molecule has 0 unspecified atom stereocenters. The third-order valence-electron chi connectivity index (χ3n) is 2.23. The fourth-order valence-corrected chi connectivity index (χ4v) is 1.39. The Balaban J connectivity index is 2.54. The minimum absolute atomic E-state index is 0.0385. The molecule has 1 rings (SSSR count). The Bertz CT molecular complexity index is 494. The number of hydrogen-bond acceptors (Lipinski definition) is 3. The number of amides is 1. The molecule has 0 radical (unpaired) electrons. The molecule has 0 saturated carbocycles. The number of carboxylic acid groups (broad SMARTS) is 1. The van der Waals surface area contributed by atoms with Gasteiger partial charge in [-0.1, -0.05) is 0 Å². The number of halogens is 3. The molecule has 0 aromatic heterocycles. The number of hydrogen-bond donors (Lipinski definition) is 2. The highest BCUT2D eigenvalue weighted by Gasteiger charge is 2.11. The van der Waals surface area contributed by atoms with Gasteiger partial charge in [0.15, 0.2) is 11.6 Å². The van der Waals surface area contributed by atoms with Crippen LogP contribution in [-0.4, -0.2) is 23.6 Å². The molecular formula is C12H12F3NO4. The van der Waals surface area contributed by atoms with Crippen LogP contribution in [0.15, 0.2) is 18.2 Å². The van der Waals surface area contributed by atoms with E-state index in [9.17, 15) is 22.8 Å². The molecule has 110 valence electrons. The van der Waals surface area contributed by atoms with Crippen LogP contribution in [-0.2, 0) is 9.59 Å². The van der Waals surface area contributed by atoms with Crippen molar-refractivity contribution in [3.63, 3.8) is 0 Å². The lowest BCUT2D eigenvalue weighted by atomic mass is 10.2. The Hall–Kier alpha value is -2.25. The molecule has 0 spiro atoms. The summed E-state index contributed by atoms with van der Waals surface area (Å²) in [6.45, 7) is -3.14. The van der Waals surface area contributed by atoms with Gasteiger partial charge in [-0.2, -0.15) is 8.78 Å². The second-order valence-corrected chi connectivity index (χ2v) is 3.82. The maximum atomic E-state index is 13.3. The number of ether oxygens (including phenoxy) is 1. The average molecular weight is 291 g/mol. The molecule has 0 fully saturated rings. The molecular weight excluding hydrogens is 279 g/mol. The molecule has 1 aromatic rings. The van der Waals surface area contributed by atoms with Crippen molar-refractivity contribution in [1.82, 2.24) is 0 Å². The summed E-state index contributed by atoms with van der Waals surface area (Å²) >= 11 is 0. The molecule has 5 nitrogen and oxygen atoms in total. The standard InChI is InChI=1S/C12H12F3NO4/c13-8-6-7(4-5-9(8)20-12(14)15)16-10(17)2-1-3-11(18)19/h4-6,12H,1-3H2,(H,16,17)(H,18,19). The van der Waals surface area contributed by atoms with Crippen molar-refractivity contribution in [3.05, 3.63) is 24.0 Å². The van der Waals surface area contributed by atoms with Crippen LogP contribution in [0.2, 0.25) is 0 Å². The van der Waals surface area contributed by atoms with Crippen LogP contribution < -0.4 is 10.1 Å². The van der Waals surface area contributed by atoms with Gasteiger partial charge in [0.2, 0.25) is 5.91 Å². The summed E-state index contributed by atoms with van der Waals surface area (Å²) in [5.41, 5.74) is 0.0736. The van der Waals surface area contributed by atoms with E-state index in [4.69, 9.17) is 5.11 Å². The lowest BCUT2D eigenvalue weighted by molar-refractivity contribution is -0.137. The van der Waals surface area contributed by atoms with Gasteiger partial charge in [0, 0.05) is 24.6 Å². The number of aliphatic carboxylic acids is 1. The van der Waals surface area contributed by atoms with Gasteiger partial charge in [0.05, 0.1) is 0 Å². The van der Waals surface area contributed by atoms with Crippen LogP contribution in [0, 0.1) is 5.82 Å². The topological polar surface area (TPSA) is 75.6 Å². The lowest BCUT2D eigenvalue weighted by Crippen LogP contribution is -2.12. The molecule has 1 amide bonds. The molecule has 0 heterocycles. The van der Waals surface area contributed by atoms with Crippen LogP contribution in [0.4, 0.5) is 18.9 Å². The molecule has 0 aliphatic rings. The number of carboxylic acids is 1. The highest BCUT2D eigenvalue weighted by atomic mass is 19.3. The quantitative estimate of drug-likeness (QED) is 0.809. The normalized spacial score (nSPS) is 10.4. The Morgan fingerprint density at radius 2 is 2.00 bits per heavy atom.